The number of carbonyl (C=O) groups is 2. The number of hydrogen-bond donors (Lipinski definition) is 0. The molecular weight excluding hydrogens is 300 g/mol. The summed E-state index contributed by atoms with van der Waals surface area (Å²) < 4.78 is 5.71. The van der Waals surface area contributed by atoms with E-state index >= 15 is 0 Å². The van der Waals surface area contributed by atoms with Crippen LogP contribution in [0.3, 0.4) is 0 Å². The standard InChI is InChI=1S/C21H28O3/c1-7-8-9-10-15-14(4)18(12-17(15)22)24-20(23)19-16(11-13(2)3)21(19,5)6/h7-9,11,16,18-19H,1,10,12H2,2-6H3/t16-,18+,19+/m1/s1. The zero-order valence-corrected chi connectivity index (χ0v) is 15.4. The molecule has 24 heavy (non-hydrogen) atoms. The summed E-state index contributed by atoms with van der Waals surface area (Å²) in [5.74, 6) is 0.0175. The number of ketones is 1. The molecule has 1 fully saturated rings. The van der Waals surface area contributed by atoms with Crippen molar-refractivity contribution in [3.63, 3.8) is 0 Å². The van der Waals surface area contributed by atoms with Crippen molar-refractivity contribution in [3.05, 3.63) is 47.6 Å². The van der Waals surface area contributed by atoms with Crippen LogP contribution in [-0.2, 0) is 14.3 Å². The molecule has 0 aliphatic heterocycles. The van der Waals surface area contributed by atoms with Gasteiger partial charge in [-0.15, -0.1) is 0 Å². The minimum atomic E-state index is -0.402. The van der Waals surface area contributed by atoms with Gasteiger partial charge in [-0.2, -0.15) is 0 Å². The Morgan fingerprint density at radius 3 is 2.62 bits per heavy atom. The van der Waals surface area contributed by atoms with Crippen LogP contribution in [0.4, 0.5) is 0 Å². The van der Waals surface area contributed by atoms with Crippen molar-refractivity contribution in [3.8, 4) is 0 Å². The zero-order valence-electron chi connectivity index (χ0n) is 15.4. The van der Waals surface area contributed by atoms with Gasteiger partial charge in [-0.3, -0.25) is 9.59 Å². The first-order chi connectivity index (χ1) is 11.2. The van der Waals surface area contributed by atoms with E-state index in [2.05, 4.69) is 26.5 Å². The van der Waals surface area contributed by atoms with Crippen LogP contribution in [0.25, 0.3) is 0 Å². The van der Waals surface area contributed by atoms with E-state index in [9.17, 15) is 9.59 Å². The van der Waals surface area contributed by atoms with Crippen molar-refractivity contribution in [1.29, 1.82) is 0 Å². The van der Waals surface area contributed by atoms with Gasteiger partial charge in [0, 0.05) is 5.57 Å². The minimum absolute atomic E-state index is 0.0654. The highest BCUT2D eigenvalue weighted by molar-refractivity contribution is 6.00. The van der Waals surface area contributed by atoms with Gasteiger partial charge in [-0.25, -0.2) is 0 Å². The molecule has 0 radical (unpaired) electrons. The number of carbonyl (C=O) groups excluding carboxylic acids is 2. The molecule has 0 heterocycles. The molecule has 2 aliphatic rings. The predicted octanol–water partition coefficient (Wildman–Crippen LogP) is 4.56. The number of hydrogen-bond acceptors (Lipinski definition) is 3. The Labute approximate surface area is 145 Å². The molecule has 0 amide bonds. The summed E-state index contributed by atoms with van der Waals surface area (Å²) >= 11 is 0. The van der Waals surface area contributed by atoms with Crippen molar-refractivity contribution in [2.45, 2.75) is 53.6 Å². The maximum absolute atomic E-state index is 12.6. The fourth-order valence-electron chi connectivity index (χ4n) is 3.56. The molecule has 0 aromatic rings. The molecular formula is C21H28O3. The molecule has 0 aromatic carbocycles. The van der Waals surface area contributed by atoms with Crippen LogP contribution in [0.2, 0.25) is 0 Å². The van der Waals surface area contributed by atoms with Gasteiger partial charge in [0.2, 0.25) is 0 Å². The quantitative estimate of drug-likeness (QED) is 0.408. The molecule has 0 N–H and O–H groups in total. The van der Waals surface area contributed by atoms with Crippen LogP contribution in [0.1, 0.15) is 47.5 Å². The highest BCUT2D eigenvalue weighted by Gasteiger charge is 2.61. The number of allylic oxidation sites excluding steroid dienone is 6. The number of rotatable bonds is 6. The summed E-state index contributed by atoms with van der Waals surface area (Å²) in [7, 11) is 0. The lowest BCUT2D eigenvalue weighted by Gasteiger charge is -2.13. The molecule has 3 atom stereocenters. The summed E-state index contributed by atoms with van der Waals surface area (Å²) in [6.45, 7) is 13.8. The lowest BCUT2D eigenvalue weighted by Crippen LogP contribution is -2.20. The topological polar surface area (TPSA) is 43.4 Å². The average molecular weight is 328 g/mol. The Hall–Kier alpha value is -1.90. The molecule has 0 aromatic heterocycles. The van der Waals surface area contributed by atoms with Crippen molar-refractivity contribution in [2.24, 2.45) is 17.3 Å². The molecule has 0 saturated heterocycles. The molecule has 2 rings (SSSR count). The largest absolute Gasteiger partial charge is 0.457 e. The molecule has 2 aliphatic carbocycles. The molecule has 0 unspecified atom stereocenters. The fourth-order valence-corrected chi connectivity index (χ4v) is 3.56. The Bertz CT molecular complexity index is 642. The van der Waals surface area contributed by atoms with Gasteiger partial charge in [0.25, 0.3) is 0 Å². The Kier molecular flexibility index (Phi) is 5.32. The third-order valence-electron chi connectivity index (χ3n) is 5.20. The van der Waals surface area contributed by atoms with Gasteiger partial charge in [0.1, 0.15) is 6.10 Å². The second kappa shape index (κ2) is 6.92. The summed E-state index contributed by atoms with van der Waals surface area (Å²) in [6, 6.07) is 0. The molecule has 0 bridgehead atoms. The van der Waals surface area contributed by atoms with Crippen molar-refractivity contribution in [2.75, 3.05) is 0 Å². The third-order valence-corrected chi connectivity index (χ3v) is 5.20. The van der Waals surface area contributed by atoms with Gasteiger partial charge in [-0.05, 0) is 44.1 Å². The van der Waals surface area contributed by atoms with Crippen molar-refractivity contribution < 1.29 is 14.3 Å². The SMILES string of the molecule is C=CC=CCC1=C(C)[C@@H](OC(=O)[C@@H]2[C@@H](C=C(C)C)C2(C)C)CC1=O. The highest BCUT2D eigenvalue weighted by atomic mass is 16.5. The zero-order chi connectivity index (χ0) is 18.1. The Balaban J connectivity index is 2.05. The van der Waals surface area contributed by atoms with Crippen LogP contribution in [0.15, 0.2) is 47.6 Å². The highest BCUT2D eigenvalue weighted by Crippen LogP contribution is 2.60. The smallest absolute Gasteiger partial charge is 0.310 e. The fraction of sp³-hybridized carbons (Fsp3) is 0.524. The summed E-state index contributed by atoms with van der Waals surface area (Å²) in [6.07, 6.45) is 8.01. The van der Waals surface area contributed by atoms with E-state index in [1.807, 2.05) is 32.9 Å². The van der Waals surface area contributed by atoms with Gasteiger partial charge in [0.05, 0.1) is 12.3 Å². The molecule has 130 valence electrons. The number of Topliss-reactive ketones (excluding diaryl/α,β-unsaturated/α-hetero) is 1. The van der Waals surface area contributed by atoms with Crippen LogP contribution < -0.4 is 0 Å². The maximum atomic E-state index is 12.6. The van der Waals surface area contributed by atoms with Gasteiger partial charge >= 0.3 is 5.97 Å². The van der Waals surface area contributed by atoms with Gasteiger partial charge < -0.3 is 4.74 Å². The van der Waals surface area contributed by atoms with E-state index in [0.29, 0.717) is 6.42 Å². The van der Waals surface area contributed by atoms with E-state index in [4.69, 9.17) is 4.74 Å². The Morgan fingerprint density at radius 2 is 2.04 bits per heavy atom. The lowest BCUT2D eigenvalue weighted by atomic mass is 10.1. The van der Waals surface area contributed by atoms with Crippen LogP contribution in [0, 0.1) is 17.3 Å². The average Bonchev–Trinajstić information content (AvgIpc) is 2.90. The normalized spacial score (nSPS) is 28.2. The maximum Gasteiger partial charge on any atom is 0.310 e. The first kappa shape index (κ1) is 18.4. The van der Waals surface area contributed by atoms with Crippen molar-refractivity contribution in [1.82, 2.24) is 0 Å². The van der Waals surface area contributed by atoms with E-state index in [-0.39, 0.29) is 35.4 Å². The van der Waals surface area contributed by atoms with E-state index < -0.39 is 6.10 Å². The van der Waals surface area contributed by atoms with E-state index in [1.54, 1.807) is 6.08 Å². The van der Waals surface area contributed by atoms with Crippen LogP contribution in [0.5, 0.6) is 0 Å². The molecule has 3 heteroatoms. The molecule has 0 spiro atoms. The van der Waals surface area contributed by atoms with Gasteiger partial charge in [0.15, 0.2) is 5.78 Å². The van der Waals surface area contributed by atoms with Gasteiger partial charge in [-0.1, -0.05) is 50.3 Å². The van der Waals surface area contributed by atoms with E-state index in [0.717, 1.165) is 11.1 Å². The first-order valence-electron chi connectivity index (χ1n) is 8.56. The molecule has 3 nitrogen and oxygen atoms in total. The van der Waals surface area contributed by atoms with Crippen molar-refractivity contribution >= 4 is 11.8 Å². The van der Waals surface area contributed by atoms with Crippen LogP contribution in [-0.4, -0.2) is 17.9 Å². The summed E-state index contributed by atoms with van der Waals surface area (Å²) in [5, 5.41) is 0. The predicted molar refractivity (Wildman–Crippen MR) is 96.4 cm³/mol. The summed E-state index contributed by atoms with van der Waals surface area (Å²) in [5.41, 5.74) is 2.80. The third kappa shape index (κ3) is 3.61. The monoisotopic (exact) mass is 328 g/mol. The molecule has 1 saturated carbocycles. The summed E-state index contributed by atoms with van der Waals surface area (Å²) in [4.78, 5) is 24.8. The lowest BCUT2D eigenvalue weighted by molar-refractivity contribution is -0.150. The Morgan fingerprint density at radius 1 is 1.38 bits per heavy atom. The number of ether oxygens (including phenoxy) is 1. The minimum Gasteiger partial charge on any atom is -0.457 e. The second-order valence-corrected chi connectivity index (χ2v) is 7.65. The number of esters is 1. The first-order valence-corrected chi connectivity index (χ1v) is 8.56. The van der Waals surface area contributed by atoms with Crippen LogP contribution >= 0.6 is 0 Å². The van der Waals surface area contributed by atoms with E-state index in [1.165, 1.54) is 5.57 Å². The second-order valence-electron chi connectivity index (χ2n) is 7.65.